The Balaban J connectivity index is 2.18. The molecule has 0 unspecified atom stereocenters. The normalized spacial score (nSPS) is 23.1. The monoisotopic (exact) mass is 262 g/mol. The van der Waals surface area contributed by atoms with Gasteiger partial charge >= 0.3 is 5.97 Å². The van der Waals surface area contributed by atoms with Crippen LogP contribution in [-0.4, -0.2) is 29.1 Å². The van der Waals surface area contributed by atoms with Gasteiger partial charge in [0.15, 0.2) is 0 Å². The fraction of sp³-hybridized carbons (Fsp3) is 0.600. The second-order valence-electron chi connectivity index (χ2n) is 5.69. The molecular weight excluding hydrogens is 240 g/mol. The number of hydrogen-bond donors (Lipinski definition) is 1. The van der Waals surface area contributed by atoms with E-state index in [4.69, 9.17) is 5.11 Å². The molecule has 1 aromatic rings. The van der Waals surface area contributed by atoms with E-state index in [9.17, 15) is 4.79 Å². The lowest BCUT2D eigenvalue weighted by molar-refractivity contribution is 0.0696. The lowest BCUT2D eigenvalue weighted by Crippen LogP contribution is -2.35. The summed E-state index contributed by atoms with van der Waals surface area (Å²) in [5.74, 6) is 0.694. The summed E-state index contributed by atoms with van der Waals surface area (Å²) in [6.07, 6.45) is 4.81. The van der Waals surface area contributed by atoms with Crippen LogP contribution in [0.4, 0.5) is 5.82 Å². The molecule has 0 saturated heterocycles. The van der Waals surface area contributed by atoms with Crippen molar-refractivity contribution in [1.29, 1.82) is 0 Å². The molecule has 0 amide bonds. The van der Waals surface area contributed by atoms with E-state index in [1.54, 1.807) is 12.1 Å². The molecule has 0 atom stereocenters. The minimum absolute atomic E-state index is 0.318. The number of pyridine rings is 1. The summed E-state index contributed by atoms with van der Waals surface area (Å²) >= 11 is 0. The van der Waals surface area contributed by atoms with Crippen LogP contribution in [0.2, 0.25) is 0 Å². The number of aryl methyl sites for hydroxylation is 1. The van der Waals surface area contributed by atoms with Crippen LogP contribution in [0.15, 0.2) is 12.1 Å². The highest BCUT2D eigenvalue weighted by Crippen LogP contribution is 2.29. The third kappa shape index (κ3) is 3.25. The number of carbonyl (C=O) groups is 1. The van der Waals surface area contributed by atoms with Crippen LogP contribution >= 0.6 is 0 Å². The largest absolute Gasteiger partial charge is 0.478 e. The van der Waals surface area contributed by atoms with Crippen molar-refractivity contribution in [3.63, 3.8) is 0 Å². The first-order valence-electron chi connectivity index (χ1n) is 6.92. The summed E-state index contributed by atoms with van der Waals surface area (Å²) in [6.45, 7) is 4.14. The summed E-state index contributed by atoms with van der Waals surface area (Å²) in [5, 5.41) is 9.11. The first-order valence-corrected chi connectivity index (χ1v) is 6.92. The molecule has 0 radical (unpaired) electrons. The number of rotatable bonds is 3. The number of anilines is 1. The van der Waals surface area contributed by atoms with Gasteiger partial charge in [-0.2, -0.15) is 0 Å². The Hall–Kier alpha value is -1.58. The minimum Gasteiger partial charge on any atom is -0.478 e. The van der Waals surface area contributed by atoms with Crippen molar-refractivity contribution < 1.29 is 9.90 Å². The predicted molar refractivity (Wildman–Crippen MR) is 75.8 cm³/mol. The van der Waals surface area contributed by atoms with Gasteiger partial charge in [-0.15, -0.1) is 0 Å². The van der Waals surface area contributed by atoms with E-state index >= 15 is 0 Å². The van der Waals surface area contributed by atoms with Gasteiger partial charge in [0.2, 0.25) is 0 Å². The van der Waals surface area contributed by atoms with Crippen LogP contribution < -0.4 is 4.90 Å². The van der Waals surface area contributed by atoms with Gasteiger partial charge in [0.25, 0.3) is 0 Å². The maximum Gasteiger partial charge on any atom is 0.335 e. The van der Waals surface area contributed by atoms with E-state index in [2.05, 4.69) is 16.8 Å². The number of hydrogen-bond acceptors (Lipinski definition) is 3. The van der Waals surface area contributed by atoms with Gasteiger partial charge in [0.05, 0.1) is 5.56 Å². The summed E-state index contributed by atoms with van der Waals surface area (Å²) in [5.41, 5.74) is 1.07. The van der Waals surface area contributed by atoms with Gasteiger partial charge in [0, 0.05) is 18.8 Å². The predicted octanol–water partition coefficient (Wildman–Crippen LogP) is 3.10. The van der Waals surface area contributed by atoms with Crippen LogP contribution in [0.3, 0.4) is 0 Å². The van der Waals surface area contributed by atoms with E-state index in [0.29, 0.717) is 11.6 Å². The third-order valence-corrected chi connectivity index (χ3v) is 4.08. The van der Waals surface area contributed by atoms with E-state index in [0.717, 1.165) is 30.3 Å². The number of carboxylic acid groups (broad SMARTS) is 1. The molecule has 1 fully saturated rings. The highest BCUT2D eigenvalue weighted by atomic mass is 16.4. The quantitative estimate of drug-likeness (QED) is 0.909. The van der Waals surface area contributed by atoms with Crippen molar-refractivity contribution in [2.45, 2.75) is 45.6 Å². The highest BCUT2D eigenvalue weighted by Gasteiger charge is 2.23. The molecule has 1 saturated carbocycles. The van der Waals surface area contributed by atoms with Crippen molar-refractivity contribution >= 4 is 11.8 Å². The van der Waals surface area contributed by atoms with Gasteiger partial charge in [-0.25, -0.2) is 9.78 Å². The van der Waals surface area contributed by atoms with Gasteiger partial charge in [-0.3, -0.25) is 0 Å². The topological polar surface area (TPSA) is 53.4 Å². The Labute approximate surface area is 114 Å². The van der Waals surface area contributed by atoms with Gasteiger partial charge in [0.1, 0.15) is 5.82 Å². The fourth-order valence-electron chi connectivity index (χ4n) is 2.77. The van der Waals surface area contributed by atoms with E-state index in [-0.39, 0.29) is 0 Å². The Morgan fingerprint density at radius 3 is 2.53 bits per heavy atom. The van der Waals surface area contributed by atoms with Crippen molar-refractivity contribution in [1.82, 2.24) is 4.98 Å². The number of carboxylic acids is 1. The molecule has 1 aliphatic rings. The Morgan fingerprint density at radius 2 is 1.95 bits per heavy atom. The molecule has 1 N–H and O–H groups in total. The molecule has 4 heteroatoms. The van der Waals surface area contributed by atoms with Crippen LogP contribution in [0, 0.1) is 12.8 Å². The molecule has 1 heterocycles. The molecule has 1 aromatic heterocycles. The second-order valence-corrected chi connectivity index (χ2v) is 5.69. The Morgan fingerprint density at radius 1 is 1.32 bits per heavy atom. The first-order chi connectivity index (χ1) is 8.97. The zero-order valence-electron chi connectivity index (χ0n) is 11.9. The first kappa shape index (κ1) is 13.8. The summed E-state index contributed by atoms with van der Waals surface area (Å²) in [7, 11) is 2.02. The molecular formula is C15H22N2O2. The molecule has 104 valence electrons. The average molecular weight is 262 g/mol. The zero-order chi connectivity index (χ0) is 14.0. The standard InChI is InChI=1S/C15H22N2O2/c1-10-4-6-13(7-5-10)17(3)14-9-12(15(18)19)8-11(2)16-14/h8-10,13H,4-7H2,1-3H3,(H,18,19). The van der Waals surface area contributed by atoms with Crippen molar-refractivity contribution in [3.8, 4) is 0 Å². The Bertz CT molecular complexity index is 465. The molecule has 2 rings (SSSR count). The molecule has 0 spiro atoms. The number of aromatic carboxylic acids is 1. The lowest BCUT2D eigenvalue weighted by Gasteiger charge is -2.34. The third-order valence-electron chi connectivity index (χ3n) is 4.08. The molecule has 0 bridgehead atoms. The molecule has 0 aliphatic heterocycles. The summed E-state index contributed by atoms with van der Waals surface area (Å²) in [6, 6.07) is 3.77. The van der Waals surface area contributed by atoms with E-state index in [1.165, 1.54) is 12.8 Å². The van der Waals surface area contributed by atoms with Crippen molar-refractivity contribution in [2.75, 3.05) is 11.9 Å². The van der Waals surface area contributed by atoms with Gasteiger partial charge in [-0.05, 0) is 50.7 Å². The Kier molecular flexibility index (Phi) is 4.08. The van der Waals surface area contributed by atoms with Crippen molar-refractivity contribution in [3.05, 3.63) is 23.4 Å². The number of aromatic nitrogens is 1. The van der Waals surface area contributed by atoms with Crippen LogP contribution in [0.1, 0.15) is 48.7 Å². The van der Waals surface area contributed by atoms with Gasteiger partial charge < -0.3 is 10.0 Å². The number of nitrogens with zero attached hydrogens (tertiary/aromatic N) is 2. The van der Waals surface area contributed by atoms with Crippen molar-refractivity contribution in [2.24, 2.45) is 5.92 Å². The second kappa shape index (κ2) is 5.59. The molecule has 4 nitrogen and oxygen atoms in total. The fourth-order valence-corrected chi connectivity index (χ4v) is 2.77. The van der Waals surface area contributed by atoms with E-state index < -0.39 is 5.97 Å². The summed E-state index contributed by atoms with van der Waals surface area (Å²) in [4.78, 5) is 17.7. The average Bonchev–Trinajstić information content (AvgIpc) is 2.38. The molecule has 1 aliphatic carbocycles. The lowest BCUT2D eigenvalue weighted by atomic mass is 9.87. The highest BCUT2D eigenvalue weighted by molar-refractivity contribution is 5.88. The van der Waals surface area contributed by atoms with E-state index in [1.807, 2.05) is 14.0 Å². The summed E-state index contributed by atoms with van der Waals surface area (Å²) < 4.78 is 0. The molecule has 0 aromatic carbocycles. The smallest absolute Gasteiger partial charge is 0.335 e. The maximum absolute atomic E-state index is 11.1. The van der Waals surface area contributed by atoms with Crippen LogP contribution in [0.5, 0.6) is 0 Å². The minimum atomic E-state index is -0.891. The van der Waals surface area contributed by atoms with Gasteiger partial charge in [-0.1, -0.05) is 6.92 Å². The molecule has 19 heavy (non-hydrogen) atoms. The maximum atomic E-state index is 11.1. The van der Waals surface area contributed by atoms with Crippen LogP contribution in [-0.2, 0) is 0 Å². The zero-order valence-corrected chi connectivity index (χ0v) is 11.9. The SMILES string of the molecule is Cc1cc(C(=O)O)cc(N(C)C2CCC(C)CC2)n1. The van der Waals surface area contributed by atoms with Crippen LogP contribution in [0.25, 0.3) is 0 Å².